The van der Waals surface area contributed by atoms with Crippen LogP contribution in [-0.4, -0.2) is 43.2 Å². The van der Waals surface area contributed by atoms with Crippen LogP contribution in [0.4, 0.5) is 0 Å². The summed E-state index contributed by atoms with van der Waals surface area (Å²) < 4.78 is 4.10. The van der Waals surface area contributed by atoms with Crippen LogP contribution in [0.3, 0.4) is 0 Å². The average molecular weight is 329 g/mol. The van der Waals surface area contributed by atoms with Crippen molar-refractivity contribution in [1.82, 2.24) is 24.2 Å². The number of piperidine rings is 1. The Morgan fingerprint density at radius 2 is 2.12 bits per heavy atom. The molecule has 0 radical (unpaired) electrons. The lowest BCUT2D eigenvalue weighted by Gasteiger charge is -2.34. The molecule has 24 heavy (non-hydrogen) atoms. The molecule has 0 aliphatic carbocycles. The van der Waals surface area contributed by atoms with Crippen LogP contribution in [0, 0.1) is 20.8 Å². The van der Waals surface area contributed by atoms with Crippen LogP contribution in [0.25, 0.3) is 0 Å². The zero-order valence-corrected chi connectivity index (χ0v) is 15.1. The van der Waals surface area contributed by atoms with Crippen LogP contribution in [0.2, 0.25) is 0 Å². The van der Waals surface area contributed by atoms with Crippen molar-refractivity contribution in [2.24, 2.45) is 7.05 Å². The van der Waals surface area contributed by atoms with Gasteiger partial charge in [0.25, 0.3) is 0 Å². The van der Waals surface area contributed by atoms with E-state index < -0.39 is 0 Å². The molecular formula is C18H27N5O. The van der Waals surface area contributed by atoms with Crippen LogP contribution in [-0.2, 0) is 18.3 Å². The summed E-state index contributed by atoms with van der Waals surface area (Å²) in [5.74, 6) is 1.27. The average Bonchev–Trinajstić information content (AvgIpc) is 3.09. The second-order valence-electron chi connectivity index (χ2n) is 6.79. The van der Waals surface area contributed by atoms with Gasteiger partial charge >= 0.3 is 0 Å². The molecule has 1 fully saturated rings. The van der Waals surface area contributed by atoms with E-state index in [2.05, 4.69) is 21.6 Å². The minimum atomic E-state index is 0.250. The number of hydrogen-bond acceptors (Lipinski definition) is 3. The van der Waals surface area contributed by atoms with E-state index >= 15 is 0 Å². The van der Waals surface area contributed by atoms with E-state index in [1.165, 1.54) is 5.56 Å². The number of hydrogen-bond donors (Lipinski definition) is 0. The first-order valence-electron chi connectivity index (χ1n) is 8.73. The van der Waals surface area contributed by atoms with Gasteiger partial charge in [-0.05, 0) is 45.6 Å². The number of carbonyl (C=O) groups excluding carboxylic acids is 1. The van der Waals surface area contributed by atoms with Crippen LogP contribution >= 0.6 is 0 Å². The first kappa shape index (κ1) is 16.7. The highest BCUT2D eigenvalue weighted by Gasteiger charge is 2.25. The molecular weight excluding hydrogens is 302 g/mol. The van der Waals surface area contributed by atoms with Crippen molar-refractivity contribution in [1.29, 1.82) is 0 Å². The van der Waals surface area contributed by atoms with Crippen molar-refractivity contribution in [3.05, 3.63) is 35.2 Å². The molecule has 3 rings (SSSR count). The predicted molar refractivity (Wildman–Crippen MR) is 92.8 cm³/mol. The lowest BCUT2D eigenvalue weighted by atomic mass is 10.0. The molecule has 3 heterocycles. The predicted octanol–water partition coefficient (Wildman–Crippen LogP) is 2.34. The molecule has 6 heteroatoms. The third-order valence-electron chi connectivity index (χ3n) is 5.25. The van der Waals surface area contributed by atoms with Crippen molar-refractivity contribution >= 4 is 5.91 Å². The van der Waals surface area contributed by atoms with Gasteiger partial charge in [0.1, 0.15) is 5.82 Å². The van der Waals surface area contributed by atoms with Crippen molar-refractivity contribution in [2.45, 2.75) is 52.5 Å². The summed E-state index contributed by atoms with van der Waals surface area (Å²) in [6.45, 7) is 7.77. The number of aryl methyl sites for hydroxylation is 3. The SMILES string of the molecule is Cc1nn(C)c(C)c1CCC(=O)N1CCC[C@H](n2ccnc2C)C1. The number of amides is 1. The van der Waals surface area contributed by atoms with Crippen LogP contribution < -0.4 is 0 Å². The molecule has 130 valence electrons. The molecule has 6 nitrogen and oxygen atoms in total. The molecule has 1 saturated heterocycles. The first-order chi connectivity index (χ1) is 11.5. The molecule has 1 atom stereocenters. The highest BCUT2D eigenvalue weighted by atomic mass is 16.2. The standard InChI is InChI=1S/C18H27N5O/c1-13-17(14(2)21(4)20-13)7-8-18(24)22-10-5-6-16(12-22)23-11-9-19-15(23)3/h9,11,16H,5-8,10,12H2,1-4H3/t16-/m0/s1. The molecule has 0 bridgehead atoms. The quantitative estimate of drug-likeness (QED) is 0.865. The van der Waals surface area contributed by atoms with Crippen LogP contribution in [0.15, 0.2) is 12.4 Å². The number of rotatable bonds is 4. The van der Waals surface area contributed by atoms with Crippen LogP contribution in [0.5, 0.6) is 0 Å². The third-order valence-corrected chi connectivity index (χ3v) is 5.25. The highest BCUT2D eigenvalue weighted by molar-refractivity contribution is 5.76. The highest BCUT2D eigenvalue weighted by Crippen LogP contribution is 2.23. The van der Waals surface area contributed by atoms with Crippen LogP contribution in [0.1, 0.15) is 48.1 Å². The Labute approximate surface area is 143 Å². The Morgan fingerprint density at radius 1 is 1.33 bits per heavy atom. The maximum atomic E-state index is 12.7. The Bertz CT molecular complexity index is 730. The molecule has 1 amide bonds. The Morgan fingerprint density at radius 3 is 2.75 bits per heavy atom. The third kappa shape index (κ3) is 3.23. The molecule has 0 spiro atoms. The minimum Gasteiger partial charge on any atom is -0.341 e. The van der Waals surface area contributed by atoms with E-state index in [0.717, 1.165) is 49.6 Å². The lowest BCUT2D eigenvalue weighted by molar-refractivity contribution is -0.132. The molecule has 0 N–H and O–H groups in total. The molecule has 2 aromatic rings. The minimum absolute atomic E-state index is 0.250. The number of likely N-dealkylation sites (tertiary alicyclic amines) is 1. The summed E-state index contributed by atoms with van der Waals surface area (Å²) in [7, 11) is 1.95. The van der Waals surface area contributed by atoms with Gasteiger partial charge in [0, 0.05) is 44.6 Å². The Hall–Kier alpha value is -2.11. The lowest BCUT2D eigenvalue weighted by Crippen LogP contribution is -2.40. The first-order valence-corrected chi connectivity index (χ1v) is 8.73. The number of nitrogens with zero attached hydrogens (tertiary/aromatic N) is 5. The van der Waals surface area contributed by atoms with E-state index in [0.29, 0.717) is 12.5 Å². The van der Waals surface area contributed by atoms with E-state index in [4.69, 9.17) is 0 Å². The van der Waals surface area contributed by atoms with Crippen molar-refractivity contribution in [2.75, 3.05) is 13.1 Å². The maximum Gasteiger partial charge on any atom is 0.222 e. The van der Waals surface area contributed by atoms with Gasteiger partial charge in [0.15, 0.2) is 0 Å². The summed E-state index contributed by atoms with van der Waals surface area (Å²) in [5, 5.41) is 4.44. The fourth-order valence-electron chi connectivity index (χ4n) is 3.75. The number of imidazole rings is 1. The van der Waals surface area contributed by atoms with Gasteiger partial charge < -0.3 is 9.47 Å². The topological polar surface area (TPSA) is 56.0 Å². The number of carbonyl (C=O) groups is 1. The van der Waals surface area contributed by atoms with E-state index in [1.54, 1.807) is 0 Å². The Balaban J connectivity index is 1.61. The van der Waals surface area contributed by atoms with Gasteiger partial charge in [-0.25, -0.2) is 4.98 Å². The molecule has 2 aromatic heterocycles. The van der Waals surface area contributed by atoms with Crippen molar-refractivity contribution in [3.63, 3.8) is 0 Å². The molecule has 0 unspecified atom stereocenters. The Kier molecular flexibility index (Phi) is 4.73. The largest absolute Gasteiger partial charge is 0.341 e. The van der Waals surface area contributed by atoms with Gasteiger partial charge in [0.05, 0.1) is 11.7 Å². The fourth-order valence-corrected chi connectivity index (χ4v) is 3.75. The van der Waals surface area contributed by atoms with Gasteiger partial charge in [-0.3, -0.25) is 9.48 Å². The summed E-state index contributed by atoms with van der Waals surface area (Å²) in [4.78, 5) is 19.0. The van der Waals surface area contributed by atoms with Crippen molar-refractivity contribution in [3.8, 4) is 0 Å². The van der Waals surface area contributed by atoms with Gasteiger partial charge in [0.2, 0.25) is 5.91 Å². The van der Waals surface area contributed by atoms with Gasteiger partial charge in [-0.1, -0.05) is 0 Å². The van der Waals surface area contributed by atoms with E-state index in [1.807, 2.05) is 42.9 Å². The number of aromatic nitrogens is 4. The summed E-state index contributed by atoms with van der Waals surface area (Å²) in [6, 6.07) is 0.354. The zero-order chi connectivity index (χ0) is 17.3. The van der Waals surface area contributed by atoms with Gasteiger partial charge in [-0.2, -0.15) is 5.10 Å². The van der Waals surface area contributed by atoms with Gasteiger partial charge in [-0.15, -0.1) is 0 Å². The summed E-state index contributed by atoms with van der Waals surface area (Å²) >= 11 is 0. The normalized spacial score (nSPS) is 18.2. The maximum absolute atomic E-state index is 12.7. The zero-order valence-electron chi connectivity index (χ0n) is 15.1. The van der Waals surface area contributed by atoms with E-state index in [-0.39, 0.29) is 5.91 Å². The molecule has 1 aliphatic heterocycles. The second-order valence-corrected chi connectivity index (χ2v) is 6.79. The molecule has 0 saturated carbocycles. The smallest absolute Gasteiger partial charge is 0.222 e. The van der Waals surface area contributed by atoms with Crippen molar-refractivity contribution < 1.29 is 4.79 Å². The summed E-state index contributed by atoms with van der Waals surface area (Å²) in [5.41, 5.74) is 3.41. The summed E-state index contributed by atoms with van der Waals surface area (Å²) in [6.07, 6.45) is 7.36. The molecule has 1 aliphatic rings. The fraction of sp³-hybridized carbons (Fsp3) is 0.611. The molecule has 0 aromatic carbocycles. The van der Waals surface area contributed by atoms with E-state index in [9.17, 15) is 4.79 Å². The second kappa shape index (κ2) is 6.79. The monoisotopic (exact) mass is 329 g/mol.